The molecule has 1 saturated carbocycles. The van der Waals surface area contributed by atoms with Gasteiger partial charge in [0.05, 0.1) is 11.9 Å². The Morgan fingerprint density at radius 3 is 3.00 bits per heavy atom. The minimum Gasteiger partial charge on any atom is -0.382 e. The quantitative estimate of drug-likeness (QED) is 0.833. The summed E-state index contributed by atoms with van der Waals surface area (Å²) in [5, 5.41) is 9.45. The maximum Gasteiger partial charge on any atom is 0.285 e. The van der Waals surface area contributed by atoms with E-state index in [0.29, 0.717) is 11.1 Å². The molecule has 0 atom stereocenters. The minimum atomic E-state index is -0.341. The minimum absolute atomic E-state index is 0.197. The number of hydrogen-bond acceptors (Lipinski definition) is 3. The van der Waals surface area contributed by atoms with Gasteiger partial charge in [-0.25, -0.2) is 5.10 Å². The van der Waals surface area contributed by atoms with E-state index >= 15 is 0 Å². The molecule has 1 aliphatic carbocycles. The van der Waals surface area contributed by atoms with Crippen LogP contribution in [-0.2, 0) is 0 Å². The van der Waals surface area contributed by atoms with Crippen molar-refractivity contribution >= 4 is 17.3 Å². The van der Waals surface area contributed by atoms with Crippen molar-refractivity contribution in [2.75, 3.05) is 11.9 Å². The van der Waals surface area contributed by atoms with Crippen molar-refractivity contribution in [1.29, 1.82) is 0 Å². The van der Waals surface area contributed by atoms with E-state index in [1.165, 1.54) is 25.7 Å². The molecule has 5 heteroatoms. The third-order valence-corrected chi connectivity index (χ3v) is 3.56. The van der Waals surface area contributed by atoms with Gasteiger partial charge < -0.3 is 5.32 Å². The van der Waals surface area contributed by atoms with Gasteiger partial charge in [-0.2, -0.15) is 5.10 Å². The molecule has 0 radical (unpaired) electrons. The smallest absolute Gasteiger partial charge is 0.285 e. The van der Waals surface area contributed by atoms with E-state index in [1.54, 1.807) is 6.20 Å². The summed E-state index contributed by atoms with van der Waals surface area (Å²) in [6, 6.07) is 0. The van der Waals surface area contributed by atoms with Crippen LogP contribution in [0.4, 0.5) is 5.69 Å². The molecule has 1 heterocycles. The van der Waals surface area contributed by atoms with Crippen LogP contribution in [0.2, 0.25) is 5.02 Å². The van der Waals surface area contributed by atoms with E-state index in [4.69, 9.17) is 11.6 Å². The van der Waals surface area contributed by atoms with E-state index in [-0.39, 0.29) is 10.6 Å². The van der Waals surface area contributed by atoms with Gasteiger partial charge in [0.1, 0.15) is 5.02 Å². The normalized spacial score (nSPS) is 17.1. The molecular formula is C11H16ClN3O. The number of halogens is 1. The first kappa shape index (κ1) is 11.5. The Bertz CT molecular complexity index is 425. The highest BCUT2D eigenvalue weighted by atomic mass is 35.5. The topological polar surface area (TPSA) is 57.8 Å². The summed E-state index contributed by atoms with van der Waals surface area (Å²) < 4.78 is 0. The van der Waals surface area contributed by atoms with Crippen LogP contribution in [0, 0.1) is 5.41 Å². The summed E-state index contributed by atoms with van der Waals surface area (Å²) >= 11 is 5.87. The van der Waals surface area contributed by atoms with Gasteiger partial charge in [-0.05, 0) is 24.7 Å². The molecule has 0 bridgehead atoms. The van der Waals surface area contributed by atoms with Crippen molar-refractivity contribution in [3.8, 4) is 0 Å². The molecule has 1 aromatic rings. The first-order valence-corrected chi connectivity index (χ1v) is 6.02. The number of rotatable bonds is 5. The fourth-order valence-corrected chi connectivity index (χ4v) is 2.17. The summed E-state index contributed by atoms with van der Waals surface area (Å²) in [6.45, 7) is 3.08. The van der Waals surface area contributed by atoms with E-state index in [9.17, 15) is 4.79 Å². The molecule has 0 aliphatic heterocycles. The Morgan fingerprint density at radius 1 is 1.62 bits per heavy atom. The number of nitrogens with one attached hydrogen (secondary N) is 2. The van der Waals surface area contributed by atoms with Crippen LogP contribution in [0.15, 0.2) is 11.0 Å². The molecule has 0 unspecified atom stereocenters. The maximum atomic E-state index is 11.2. The molecule has 1 fully saturated rings. The number of hydrogen-bond donors (Lipinski definition) is 2. The first-order valence-electron chi connectivity index (χ1n) is 5.64. The molecule has 16 heavy (non-hydrogen) atoms. The molecule has 1 aliphatic rings. The molecule has 0 amide bonds. The van der Waals surface area contributed by atoms with E-state index in [2.05, 4.69) is 22.4 Å². The Hall–Kier alpha value is -1.03. The zero-order chi connectivity index (χ0) is 11.6. The van der Waals surface area contributed by atoms with Crippen molar-refractivity contribution in [3.05, 3.63) is 21.6 Å². The number of aromatic nitrogens is 2. The van der Waals surface area contributed by atoms with Crippen molar-refractivity contribution < 1.29 is 0 Å². The molecule has 2 N–H and O–H groups in total. The molecule has 2 rings (SSSR count). The number of H-pyrrole nitrogens is 1. The summed E-state index contributed by atoms with van der Waals surface area (Å²) in [5.74, 6) is 0. The van der Waals surface area contributed by atoms with Gasteiger partial charge in [0.25, 0.3) is 5.56 Å². The largest absolute Gasteiger partial charge is 0.382 e. The standard InChI is InChI=1S/C11H16ClN3O/c1-2-3-11(4-5-11)7-13-8-6-14-15-10(16)9(8)12/h6H,2-5,7H2,1H3,(H2,13,15,16). The predicted molar refractivity (Wildman–Crippen MR) is 64.9 cm³/mol. The molecule has 0 aromatic carbocycles. The lowest BCUT2D eigenvalue weighted by molar-refractivity contribution is 0.485. The second-order valence-corrected chi connectivity index (χ2v) is 4.91. The third kappa shape index (κ3) is 2.38. The molecule has 0 spiro atoms. The highest BCUT2D eigenvalue weighted by Gasteiger charge is 2.41. The van der Waals surface area contributed by atoms with Crippen LogP contribution in [0.3, 0.4) is 0 Å². The van der Waals surface area contributed by atoms with E-state index < -0.39 is 0 Å². The number of anilines is 1. The highest BCUT2D eigenvalue weighted by molar-refractivity contribution is 6.32. The second kappa shape index (κ2) is 4.45. The third-order valence-electron chi connectivity index (χ3n) is 3.19. The van der Waals surface area contributed by atoms with E-state index in [0.717, 1.165) is 6.54 Å². The van der Waals surface area contributed by atoms with Crippen LogP contribution in [0.1, 0.15) is 32.6 Å². The van der Waals surface area contributed by atoms with Gasteiger partial charge in [0.2, 0.25) is 0 Å². The fraction of sp³-hybridized carbons (Fsp3) is 0.636. The predicted octanol–water partition coefficient (Wildman–Crippen LogP) is 2.42. The van der Waals surface area contributed by atoms with Crippen LogP contribution in [0.25, 0.3) is 0 Å². The van der Waals surface area contributed by atoms with Gasteiger partial charge in [-0.1, -0.05) is 24.9 Å². The van der Waals surface area contributed by atoms with Gasteiger partial charge in [0, 0.05) is 6.54 Å². The zero-order valence-corrected chi connectivity index (χ0v) is 10.1. The molecule has 88 valence electrons. The lowest BCUT2D eigenvalue weighted by Crippen LogP contribution is -2.18. The molecule has 4 nitrogen and oxygen atoms in total. The Labute approximate surface area is 99.4 Å². The lowest BCUT2D eigenvalue weighted by Gasteiger charge is -2.15. The molecular weight excluding hydrogens is 226 g/mol. The first-order chi connectivity index (χ1) is 7.67. The number of aromatic amines is 1. The Kier molecular flexibility index (Phi) is 3.19. The molecule has 1 aromatic heterocycles. The maximum absolute atomic E-state index is 11.2. The van der Waals surface area contributed by atoms with Crippen molar-refractivity contribution in [2.45, 2.75) is 32.6 Å². The fourth-order valence-electron chi connectivity index (χ4n) is 2.01. The van der Waals surface area contributed by atoms with Gasteiger partial charge in [0.15, 0.2) is 0 Å². The SMILES string of the molecule is CCCC1(CNc2cn[nH]c(=O)c2Cl)CC1. The van der Waals surface area contributed by atoms with Crippen molar-refractivity contribution in [1.82, 2.24) is 10.2 Å². The van der Waals surface area contributed by atoms with Crippen molar-refractivity contribution in [2.24, 2.45) is 5.41 Å². The van der Waals surface area contributed by atoms with Crippen molar-refractivity contribution in [3.63, 3.8) is 0 Å². The second-order valence-electron chi connectivity index (χ2n) is 4.53. The average molecular weight is 242 g/mol. The zero-order valence-electron chi connectivity index (χ0n) is 9.35. The highest BCUT2D eigenvalue weighted by Crippen LogP contribution is 2.49. The van der Waals surface area contributed by atoms with E-state index in [1.807, 2.05) is 0 Å². The van der Waals surface area contributed by atoms with Crippen LogP contribution >= 0.6 is 11.6 Å². The Balaban J connectivity index is 2.00. The van der Waals surface area contributed by atoms with Crippen LogP contribution in [-0.4, -0.2) is 16.7 Å². The lowest BCUT2D eigenvalue weighted by atomic mass is 10.0. The summed E-state index contributed by atoms with van der Waals surface area (Å²) in [5.41, 5.74) is 0.723. The van der Waals surface area contributed by atoms with Gasteiger partial charge in [-0.3, -0.25) is 4.79 Å². The van der Waals surface area contributed by atoms with Gasteiger partial charge in [-0.15, -0.1) is 0 Å². The summed E-state index contributed by atoms with van der Waals surface area (Å²) in [7, 11) is 0. The average Bonchev–Trinajstić information content (AvgIpc) is 3.02. The van der Waals surface area contributed by atoms with Gasteiger partial charge >= 0.3 is 0 Å². The molecule has 0 saturated heterocycles. The summed E-state index contributed by atoms with van der Waals surface area (Å²) in [6.07, 6.45) is 6.52. The monoisotopic (exact) mass is 241 g/mol. The number of nitrogens with zero attached hydrogens (tertiary/aromatic N) is 1. The van der Waals surface area contributed by atoms with Crippen LogP contribution in [0.5, 0.6) is 0 Å². The van der Waals surface area contributed by atoms with Crippen LogP contribution < -0.4 is 10.9 Å². The Morgan fingerprint density at radius 2 is 2.38 bits per heavy atom. The summed E-state index contributed by atoms with van der Waals surface area (Å²) in [4.78, 5) is 11.2.